The zero-order chi connectivity index (χ0) is 18.0. The number of anilines is 1. The Hall–Kier alpha value is -2.28. The number of hydrogen-bond donors (Lipinski definition) is 2. The van der Waals surface area contributed by atoms with E-state index >= 15 is 0 Å². The van der Waals surface area contributed by atoms with Crippen LogP contribution in [0.4, 0.5) is 18.9 Å². The van der Waals surface area contributed by atoms with Crippen molar-refractivity contribution in [3.63, 3.8) is 0 Å². The zero-order valence-electron chi connectivity index (χ0n) is 13.9. The number of halogens is 3. The monoisotopic (exact) mass is 352 g/mol. The Balaban J connectivity index is 1.66. The highest BCUT2D eigenvalue weighted by Gasteiger charge is 2.33. The van der Waals surface area contributed by atoms with Crippen LogP contribution in [0.3, 0.4) is 0 Å². The molecule has 7 heteroatoms. The Morgan fingerprint density at radius 2 is 2.12 bits per heavy atom. The van der Waals surface area contributed by atoms with Crippen molar-refractivity contribution < 1.29 is 22.9 Å². The van der Waals surface area contributed by atoms with Crippen molar-refractivity contribution in [3.05, 3.63) is 53.9 Å². The van der Waals surface area contributed by atoms with Crippen LogP contribution < -0.4 is 10.2 Å². The quantitative estimate of drug-likeness (QED) is 0.871. The first-order chi connectivity index (χ1) is 11.8. The van der Waals surface area contributed by atoms with E-state index < -0.39 is 11.7 Å². The van der Waals surface area contributed by atoms with Gasteiger partial charge in [-0.05, 0) is 30.3 Å². The lowest BCUT2D eigenvalue weighted by molar-refractivity contribution is -0.910. The molecule has 2 heterocycles. The molecular weight excluding hydrogens is 331 g/mol. The van der Waals surface area contributed by atoms with E-state index in [4.69, 9.17) is 0 Å². The topological polar surface area (TPSA) is 38.5 Å². The lowest BCUT2D eigenvalue weighted by Crippen LogP contribution is -3.11. The van der Waals surface area contributed by atoms with Gasteiger partial charge in [0.15, 0.2) is 6.54 Å². The van der Waals surface area contributed by atoms with E-state index in [-0.39, 0.29) is 24.2 Å². The van der Waals surface area contributed by atoms with E-state index in [1.165, 1.54) is 17.8 Å². The Labute approximate surface area is 144 Å². The molecule has 2 aromatic rings. The number of hydrogen-bond acceptors (Lipinski definition) is 1. The predicted molar refractivity (Wildman–Crippen MR) is 88.2 cm³/mol. The number of carbonyl (C=O) groups excluding carboxylic acids is 1. The van der Waals surface area contributed by atoms with Gasteiger partial charge in [-0.15, -0.1) is 0 Å². The number of benzene rings is 1. The fraction of sp³-hybridized carbons (Fsp3) is 0.389. The highest BCUT2D eigenvalue weighted by Crippen LogP contribution is 2.30. The number of alkyl halides is 3. The molecule has 25 heavy (non-hydrogen) atoms. The lowest BCUT2D eigenvalue weighted by Gasteiger charge is -2.21. The van der Waals surface area contributed by atoms with Crippen molar-refractivity contribution in [2.24, 2.45) is 7.05 Å². The molecule has 0 aliphatic carbocycles. The molecule has 1 amide bonds. The van der Waals surface area contributed by atoms with Crippen molar-refractivity contribution in [1.82, 2.24) is 4.57 Å². The molecular formula is C18H21F3N3O+. The third kappa shape index (κ3) is 4.04. The lowest BCUT2D eigenvalue weighted by atomic mass is 10.1. The second-order valence-corrected chi connectivity index (χ2v) is 6.45. The Morgan fingerprint density at radius 3 is 2.80 bits per heavy atom. The van der Waals surface area contributed by atoms with Crippen LogP contribution in [0.15, 0.2) is 42.6 Å². The van der Waals surface area contributed by atoms with Gasteiger partial charge in [0.1, 0.15) is 6.04 Å². The summed E-state index contributed by atoms with van der Waals surface area (Å²) >= 11 is 0. The highest BCUT2D eigenvalue weighted by atomic mass is 19.4. The number of rotatable bonds is 4. The molecule has 2 atom stereocenters. The molecule has 2 N–H and O–H groups in total. The summed E-state index contributed by atoms with van der Waals surface area (Å²) in [6, 6.07) is 9.01. The molecule has 4 nitrogen and oxygen atoms in total. The van der Waals surface area contributed by atoms with E-state index in [0.717, 1.165) is 36.4 Å². The molecule has 1 fully saturated rings. The second-order valence-electron chi connectivity index (χ2n) is 6.45. The molecule has 1 aromatic carbocycles. The molecule has 1 aliphatic heterocycles. The molecule has 1 saturated heterocycles. The molecule has 0 saturated carbocycles. The number of carbonyl (C=O) groups is 1. The molecule has 0 bridgehead atoms. The van der Waals surface area contributed by atoms with Crippen LogP contribution in [0, 0.1) is 0 Å². The summed E-state index contributed by atoms with van der Waals surface area (Å²) in [5.41, 5.74) is 0.591. The molecule has 1 aromatic heterocycles. The molecule has 0 radical (unpaired) electrons. The van der Waals surface area contributed by atoms with Crippen molar-refractivity contribution in [1.29, 1.82) is 0 Å². The van der Waals surface area contributed by atoms with Crippen molar-refractivity contribution >= 4 is 11.6 Å². The largest absolute Gasteiger partial charge is 0.416 e. The fourth-order valence-electron chi connectivity index (χ4n) is 3.50. The van der Waals surface area contributed by atoms with Crippen LogP contribution in [0.2, 0.25) is 0 Å². The maximum Gasteiger partial charge on any atom is 0.416 e. The predicted octanol–water partition coefficient (Wildman–Crippen LogP) is 2.40. The van der Waals surface area contributed by atoms with Crippen molar-refractivity contribution in [2.45, 2.75) is 25.1 Å². The summed E-state index contributed by atoms with van der Waals surface area (Å²) < 4.78 is 40.3. The third-order valence-corrected chi connectivity index (χ3v) is 4.69. The Kier molecular flexibility index (Phi) is 4.85. The summed E-state index contributed by atoms with van der Waals surface area (Å²) in [6.45, 7) is 1.12. The van der Waals surface area contributed by atoms with Gasteiger partial charge in [-0.1, -0.05) is 6.07 Å². The standard InChI is InChI=1S/C18H20F3N3O/c1-23-9-3-7-15(23)16-8-4-10-24(16)12-17(25)22-14-6-2-5-13(11-14)18(19,20)21/h2-3,5-7,9,11,16H,4,8,10,12H2,1H3,(H,22,25)/p+1/t16-/m0/s1. The number of aryl methyl sites for hydroxylation is 1. The maximum atomic E-state index is 12.8. The minimum Gasteiger partial charge on any atom is -0.350 e. The van der Waals surface area contributed by atoms with Crippen molar-refractivity contribution in [2.75, 3.05) is 18.4 Å². The van der Waals surface area contributed by atoms with Crippen LogP contribution in [0.1, 0.15) is 30.1 Å². The summed E-state index contributed by atoms with van der Waals surface area (Å²) in [6.07, 6.45) is -0.404. The summed E-state index contributed by atoms with van der Waals surface area (Å²) in [5, 5.41) is 2.60. The van der Waals surface area contributed by atoms with Gasteiger partial charge in [-0.3, -0.25) is 4.79 Å². The maximum absolute atomic E-state index is 12.8. The van der Waals surface area contributed by atoms with Gasteiger partial charge < -0.3 is 14.8 Å². The first-order valence-corrected chi connectivity index (χ1v) is 8.27. The number of aromatic nitrogens is 1. The average Bonchev–Trinajstić information content (AvgIpc) is 3.15. The number of likely N-dealkylation sites (tertiary alicyclic amines) is 1. The normalized spacial score (nSPS) is 20.6. The molecule has 3 rings (SSSR count). The first kappa shape index (κ1) is 17.5. The van der Waals surface area contributed by atoms with Gasteiger partial charge in [-0.25, -0.2) is 0 Å². The van der Waals surface area contributed by atoms with Crippen LogP contribution in [-0.2, 0) is 18.0 Å². The van der Waals surface area contributed by atoms with Gasteiger partial charge in [0.25, 0.3) is 5.91 Å². The average molecular weight is 352 g/mol. The van der Waals surface area contributed by atoms with Crippen molar-refractivity contribution in [3.8, 4) is 0 Å². The third-order valence-electron chi connectivity index (χ3n) is 4.69. The minimum absolute atomic E-state index is 0.175. The summed E-state index contributed by atoms with van der Waals surface area (Å²) in [4.78, 5) is 13.5. The van der Waals surface area contributed by atoms with E-state index in [9.17, 15) is 18.0 Å². The smallest absolute Gasteiger partial charge is 0.350 e. The van der Waals surface area contributed by atoms with E-state index in [1.807, 2.05) is 19.3 Å². The minimum atomic E-state index is -4.42. The van der Waals surface area contributed by atoms with E-state index in [1.54, 1.807) is 0 Å². The molecule has 0 spiro atoms. The number of quaternary nitrogens is 1. The number of amides is 1. The van der Waals surface area contributed by atoms with Crippen LogP contribution in [0.25, 0.3) is 0 Å². The Bertz CT molecular complexity index is 754. The van der Waals surface area contributed by atoms with Crippen LogP contribution in [-0.4, -0.2) is 23.6 Å². The zero-order valence-corrected chi connectivity index (χ0v) is 13.9. The van der Waals surface area contributed by atoms with E-state index in [2.05, 4.69) is 16.0 Å². The summed E-state index contributed by atoms with van der Waals surface area (Å²) in [7, 11) is 1.98. The van der Waals surface area contributed by atoms with Crippen LogP contribution >= 0.6 is 0 Å². The van der Waals surface area contributed by atoms with Gasteiger partial charge in [-0.2, -0.15) is 13.2 Å². The first-order valence-electron chi connectivity index (χ1n) is 8.27. The SMILES string of the molecule is Cn1cccc1[C@@H]1CCC[NH+]1CC(=O)Nc1cccc(C(F)(F)F)c1. The highest BCUT2D eigenvalue weighted by molar-refractivity contribution is 5.91. The van der Waals surface area contributed by atoms with E-state index in [0.29, 0.717) is 0 Å². The number of nitrogens with one attached hydrogen (secondary N) is 2. The second kappa shape index (κ2) is 6.92. The summed E-state index contributed by atoms with van der Waals surface area (Å²) in [5.74, 6) is -0.268. The van der Waals surface area contributed by atoms with Crippen LogP contribution in [0.5, 0.6) is 0 Å². The van der Waals surface area contributed by atoms with Gasteiger partial charge in [0.05, 0.1) is 17.8 Å². The van der Waals surface area contributed by atoms with Gasteiger partial charge in [0, 0.05) is 31.8 Å². The number of nitrogens with zero attached hydrogens (tertiary/aromatic N) is 1. The molecule has 134 valence electrons. The van der Waals surface area contributed by atoms with Gasteiger partial charge in [0.2, 0.25) is 0 Å². The molecule has 1 aliphatic rings. The fourth-order valence-corrected chi connectivity index (χ4v) is 3.50. The molecule has 1 unspecified atom stereocenters. The van der Waals surface area contributed by atoms with Gasteiger partial charge >= 0.3 is 6.18 Å². The Morgan fingerprint density at radius 1 is 1.32 bits per heavy atom.